The predicted octanol–water partition coefficient (Wildman–Crippen LogP) is 4.13. The van der Waals surface area contributed by atoms with Crippen LogP contribution in [0.15, 0.2) is 24.3 Å². The first-order valence-electron chi connectivity index (χ1n) is 11.5. The number of hydrogen-bond acceptors (Lipinski definition) is 5. The molecule has 1 saturated heterocycles. The molecule has 4 aliphatic carbocycles. The molecule has 2 atom stereocenters. The quantitative estimate of drug-likeness (QED) is 0.479. The summed E-state index contributed by atoms with van der Waals surface area (Å²) in [6.07, 6.45) is 7.57. The molecule has 0 unspecified atom stereocenters. The van der Waals surface area contributed by atoms with E-state index in [1.807, 2.05) is 24.3 Å². The van der Waals surface area contributed by atoms with Crippen molar-refractivity contribution in [3.63, 3.8) is 0 Å². The van der Waals surface area contributed by atoms with Crippen molar-refractivity contribution in [1.82, 2.24) is 0 Å². The molecule has 1 amide bonds. The van der Waals surface area contributed by atoms with Crippen molar-refractivity contribution in [2.75, 3.05) is 43.1 Å². The standard InChI is InChI=1S/C24H31BrN2O4/c25-24-12-17-9-18(13-24)11-23(10-17,16-24)14-22(29)31-15-21(28)26-19-1-3-20(4-2-19)27-5-7-30-8-6-27/h1-4,17-18H,5-16H2,(H,26,28)/t17-,18-,23?,24?/m1/s1. The summed E-state index contributed by atoms with van der Waals surface area (Å²) < 4.78 is 11.0. The molecule has 7 heteroatoms. The van der Waals surface area contributed by atoms with E-state index in [9.17, 15) is 9.59 Å². The highest BCUT2D eigenvalue weighted by atomic mass is 79.9. The zero-order valence-electron chi connectivity index (χ0n) is 17.9. The predicted molar refractivity (Wildman–Crippen MR) is 122 cm³/mol. The molecule has 0 spiro atoms. The Morgan fingerprint density at radius 2 is 1.77 bits per heavy atom. The van der Waals surface area contributed by atoms with Gasteiger partial charge in [-0.25, -0.2) is 0 Å². The van der Waals surface area contributed by atoms with Gasteiger partial charge in [0.15, 0.2) is 6.61 Å². The SMILES string of the molecule is O=C(COC(=O)CC12C[C@H]3C[C@@H](CC(Br)(C3)C1)C2)Nc1ccc(N2CCOCC2)cc1. The molecule has 31 heavy (non-hydrogen) atoms. The number of ether oxygens (including phenoxy) is 2. The number of amides is 1. The van der Waals surface area contributed by atoms with Crippen molar-refractivity contribution >= 4 is 39.2 Å². The van der Waals surface area contributed by atoms with E-state index in [0.717, 1.165) is 63.1 Å². The third-order valence-electron chi connectivity index (χ3n) is 7.52. The fourth-order valence-corrected chi connectivity index (χ4v) is 8.33. The first kappa shape index (κ1) is 21.3. The van der Waals surface area contributed by atoms with Gasteiger partial charge in [-0.15, -0.1) is 0 Å². The highest BCUT2D eigenvalue weighted by Crippen LogP contribution is 2.65. The number of alkyl halides is 1. The number of esters is 1. The van der Waals surface area contributed by atoms with E-state index in [2.05, 4.69) is 26.1 Å². The number of hydrogen-bond donors (Lipinski definition) is 1. The van der Waals surface area contributed by atoms with E-state index in [4.69, 9.17) is 9.47 Å². The van der Waals surface area contributed by atoms with Crippen LogP contribution in [0.5, 0.6) is 0 Å². The lowest BCUT2D eigenvalue weighted by atomic mass is 9.49. The van der Waals surface area contributed by atoms with Gasteiger partial charge in [-0.2, -0.15) is 0 Å². The van der Waals surface area contributed by atoms with Gasteiger partial charge in [0.25, 0.3) is 5.91 Å². The molecular weight excluding hydrogens is 460 g/mol. The van der Waals surface area contributed by atoms with E-state index in [0.29, 0.717) is 12.1 Å². The zero-order chi connectivity index (χ0) is 21.5. The van der Waals surface area contributed by atoms with Crippen molar-refractivity contribution in [3.05, 3.63) is 24.3 Å². The van der Waals surface area contributed by atoms with E-state index in [1.54, 1.807) is 0 Å². The molecule has 168 valence electrons. The van der Waals surface area contributed by atoms with Crippen molar-refractivity contribution in [1.29, 1.82) is 0 Å². The Balaban J connectivity index is 1.10. The van der Waals surface area contributed by atoms with Crippen LogP contribution in [-0.4, -0.2) is 49.1 Å². The molecule has 1 aromatic rings. The minimum absolute atomic E-state index is 0.0659. The second-order valence-electron chi connectivity index (χ2n) is 10.1. The van der Waals surface area contributed by atoms with Crippen LogP contribution >= 0.6 is 15.9 Å². The Labute approximate surface area is 192 Å². The summed E-state index contributed by atoms with van der Waals surface area (Å²) >= 11 is 3.99. The Morgan fingerprint density at radius 1 is 1.10 bits per heavy atom. The Hall–Kier alpha value is -1.60. The van der Waals surface area contributed by atoms with Crippen LogP contribution in [0.4, 0.5) is 11.4 Å². The smallest absolute Gasteiger partial charge is 0.306 e. The first-order valence-corrected chi connectivity index (χ1v) is 12.3. The first-order chi connectivity index (χ1) is 14.9. The van der Waals surface area contributed by atoms with Crippen molar-refractivity contribution in [2.24, 2.45) is 17.3 Å². The maximum atomic E-state index is 12.6. The third kappa shape index (κ3) is 4.77. The summed E-state index contributed by atoms with van der Waals surface area (Å²) in [5.41, 5.74) is 1.89. The van der Waals surface area contributed by atoms with E-state index < -0.39 is 0 Å². The average molecular weight is 491 g/mol. The van der Waals surface area contributed by atoms with Gasteiger partial charge in [-0.3, -0.25) is 9.59 Å². The van der Waals surface area contributed by atoms with Gasteiger partial charge >= 0.3 is 5.97 Å². The highest BCUT2D eigenvalue weighted by Gasteiger charge is 2.57. The lowest BCUT2D eigenvalue weighted by molar-refractivity contribution is -0.153. The minimum Gasteiger partial charge on any atom is -0.456 e. The fourth-order valence-electron chi connectivity index (χ4n) is 6.82. The topological polar surface area (TPSA) is 67.9 Å². The van der Waals surface area contributed by atoms with Gasteiger partial charge in [0.1, 0.15) is 0 Å². The van der Waals surface area contributed by atoms with Crippen LogP contribution in [-0.2, 0) is 19.1 Å². The summed E-state index contributed by atoms with van der Waals surface area (Å²) in [4.78, 5) is 27.1. The van der Waals surface area contributed by atoms with Gasteiger partial charge in [0.05, 0.1) is 19.6 Å². The molecule has 1 aliphatic heterocycles. The summed E-state index contributed by atoms with van der Waals surface area (Å²) in [6.45, 7) is 3.00. The van der Waals surface area contributed by atoms with Crippen LogP contribution in [0.25, 0.3) is 0 Å². The van der Waals surface area contributed by atoms with Gasteiger partial charge in [-0.05, 0) is 80.0 Å². The number of rotatable bonds is 6. The molecule has 0 radical (unpaired) electrons. The summed E-state index contributed by atoms with van der Waals surface area (Å²) in [7, 11) is 0. The molecule has 4 bridgehead atoms. The number of benzene rings is 1. The van der Waals surface area contributed by atoms with Crippen molar-refractivity contribution in [2.45, 2.75) is 49.3 Å². The molecule has 6 nitrogen and oxygen atoms in total. The average Bonchev–Trinajstić information content (AvgIpc) is 2.71. The molecule has 5 aliphatic rings. The number of anilines is 2. The monoisotopic (exact) mass is 490 g/mol. The van der Waals surface area contributed by atoms with E-state index in [1.165, 1.54) is 19.3 Å². The molecule has 4 saturated carbocycles. The van der Waals surface area contributed by atoms with Gasteiger partial charge in [-0.1, -0.05) is 15.9 Å². The molecule has 6 rings (SSSR count). The Bertz CT molecular complexity index is 822. The molecule has 1 N–H and O–H groups in total. The van der Waals surface area contributed by atoms with Crippen LogP contribution in [0.1, 0.15) is 44.9 Å². The zero-order valence-corrected chi connectivity index (χ0v) is 19.5. The minimum atomic E-state index is -0.296. The van der Waals surface area contributed by atoms with Gasteiger partial charge in [0, 0.05) is 28.8 Å². The maximum absolute atomic E-state index is 12.6. The highest BCUT2D eigenvalue weighted by molar-refractivity contribution is 9.10. The lowest BCUT2D eigenvalue weighted by Gasteiger charge is -2.60. The fraction of sp³-hybridized carbons (Fsp3) is 0.667. The van der Waals surface area contributed by atoms with Crippen molar-refractivity contribution in [3.8, 4) is 0 Å². The Kier molecular flexibility index (Phi) is 5.76. The second-order valence-corrected chi connectivity index (χ2v) is 11.8. The van der Waals surface area contributed by atoms with Crippen LogP contribution in [0, 0.1) is 17.3 Å². The second kappa shape index (κ2) is 8.39. The van der Waals surface area contributed by atoms with Gasteiger partial charge < -0.3 is 19.7 Å². The van der Waals surface area contributed by atoms with Crippen LogP contribution < -0.4 is 10.2 Å². The molecular formula is C24H31BrN2O4. The molecule has 5 fully saturated rings. The summed E-state index contributed by atoms with van der Waals surface area (Å²) in [5, 5.41) is 2.83. The maximum Gasteiger partial charge on any atom is 0.306 e. The third-order valence-corrected chi connectivity index (χ3v) is 8.45. The lowest BCUT2D eigenvalue weighted by Crippen LogP contribution is -2.53. The number of nitrogens with one attached hydrogen (secondary N) is 1. The Morgan fingerprint density at radius 3 is 2.42 bits per heavy atom. The van der Waals surface area contributed by atoms with E-state index in [-0.39, 0.29) is 28.2 Å². The van der Waals surface area contributed by atoms with Crippen LogP contribution in [0.3, 0.4) is 0 Å². The van der Waals surface area contributed by atoms with E-state index >= 15 is 0 Å². The molecule has 1 aromatic carbocycles. The number of morpholine rings is 1. The summed E-state index contributed by atoms with van der Waals surface area (Å²) in [6, 6.07) is 7.76. The number of carbonyl (C=O) groups excluding carboxylic acids is 2. The summed E-state index contributed by atoms with van der Waals surface area (Å²) in [5.74, 6) is 0.931. The van der Waals surface area contributed by atoms with Crippen molar-refractivity contribution < 1.29 is 19.1 Å². The number of nitrogens with zero attached hydrogens (tertiary/aromatic N) is 1. The van der Waals surface area contributed by atoms with Gasteiger partial charge in [0.2, 0.25) is 0 Å². The molecule has 0 aromatic heterocycles. The normalized spacial score (nSPS) is 33.9. The number of carbonyl (C=O) groups is 2. The number of halogens is 1. The largest absolute Gasteiger partial charge is 0.456 e. The van der Waals surface area contributed by atoms with Crippen LogP contribution in [0.2, 0.25) is 0 Å². The molecule has 1 heterocycles.